The van der Waals surface area contributed by atoms with Crippen molar-refractivity contribution in [2.45, 2.75) is 17.8 Å². The Kier molecular flexibility index (Phi) is 4.19. The van der Waals surface area contributed by atoms with Gasteiger partial charge in [0.1, 0.15) is 11.5 Å². The van der Waals surface area contributed by atoms with Crippen LogP contribution in [0.1, 0.15) is 11.5 Å². The van der Waals surface area contributed by atoms with E-state index < -0.39 is 0 Å². The third kappa shape index (κ3) is 3.13. The van der Waals surface area contributed by atoms with Gasteiger partial charge in [-0.15, -0.1) is 0 Å². The highest BCUT2D eigenvalue weighted by atomic mass is 32.2. The van der Waals surface area contributed by atoms with Crippen molar-refractivity contribution in [1.29, 1.82) is 0 Å². The van der Waals surface area contributed by atoms with Crippen LogP contribution in [0.15, 0.2) is 64.3 Å². The van der Waals surface area contributed by atoms with Crippen molar-refractivity contribution in [3.63, 3.8) is 0 Å². The van der Waals surface area contributed by atoms with E-state index in [2.05, 4.69) is 15.8 Å². The molecule has 6 heteroatoms. The van der Waals surface area contributed by atoms with Crippen LogP contribution in [0.4, 0.5) is 0 Å². The summed E-state index contributed by atoms with van der Waals surface area (Å²) in [5.41, 5.74) is 4.01. The molecule has 0 spiro atoms. The largest absolute Gasteiger partial charge is 0.497 e. The van der Waals surface area contributed by atoms with Crippen molar-refractivity contribution in [2.75, 3.05) is 7.11 Å². The summed E-state index contributed by atoms with van der Waals surface area (Å²) in [6, 6.07) is 18.1. The van der Waals surface area contributed by atoms with Crippen LogP contribution in [-0.2, 0) is 5.75 Å². The molecule has 4 rings (SSSR count). The lowest BCUT2D eigenvalue weighted by Crippen LogP contribution is -1.97. The van der Waals surface area contributed by atoms with Crippen LogP contribution in [0.2, 0.25) is 0 Å². The van der Waals surface area contributed by atoms with E-state index in [9.17, 15) is 0 Å². The molecule has 0 amide bonds. The van der Waals surface area contributed by atoms with Crippen LogP contribution in [0, 0.1) is 6.92 Å². The number of ether oxygens (including phenoxy) is 1. The van der Waals surface area contributed by atoms with Gasteiger partial charge in [0.2, 0.25) is 0 Å². The zero-order chi connectivity index (χ0) is 17.2. The Bertz CT molecular complexity index is 1010. The molecule has 0 aliphatic rings. The molecular weight excluding hydrogens is 334 g/mol. The highest BCUT2D eigenvalue weighted by Gasteiger charge is 2.14. The zero-order valence-corrected chi connectivity index (χ0v) is 14.8. The van der Waals surface area contributed by atoms with Crippen molar-refractivity contribution in [3.05, 3.63) is 66.1 Å². The third-order valence-electron chi connectivity index (χ3n) is 3.89. The minimum absolute atomic E-state index is 0.705. The van der Waals surface area contributed by atoms with Crippen molar-refractivity contribution in [2.24, 2.45) is 0 Å². The molecule has 2 heterocycles. The number of thioether (sulfide) groups is 1. The molecular formula is C19H17N3O2S. The van der Waals surface area contributed by atoms with Crippen molar-refractivity contribution in [1.82, 2.24) is 14.7 Å². The summed E-state index contributed by atoms with van der Waals surface area (Å²) in [4.78, 5) is 4.79. The van der Waals surface area contributed by atoms with Gasteiger partial charge >= 0.3 is 0 Å². The number of hydrogen-bond donors (Lipinski definition) is 0. The molecule has 2 aromatic carbocycles. The number of imidazole rings is 1. The predicted octanol–water partition coefficient (Wildman–Crippen LogP) is 4.62. The second kappa shape index (κ2) is 6.64. The quantitative estimate of drug-likeness (QED) is 0.491. The van der Waals surface area contributed by atoms with Gasteiger partial charge in [-0.3, -0.25) is 4.57 Å². The number of aromatic nitrogens is 3. The van der Waals surface area contributed by atoms with Crippen LogP contribution in [0.5, 0.6) is 5.75 Å². The average Bonchev–Trinajstić information content (AvgIpc) is 3.23. The first kappa shape index (κ1) is 15.8. The van der Waals surface area contributed by atoms with Gasteiger partial charge in [0.15, 0.2) is 5.16 Å². The van der Waals surface area contributed by atoms with Crippen LogP contribution < -0.4 is 4.74 Å². The number of methoxy groups -OCH3 is 1. The minimum Gasteiger partial charge on any atom is -0.497 e. The summed E-state index contributed by atoms with van der Waals surface area (Å²) in [5, 5.41) is 4.98. The minimum atomic E-state index is 0.705. The van der Waals surface area contributed by atoms with Crippen molar-refractivity contribution < 1.29 is 9.26 Å². The molecule has 25 heavy (non-hydrogen) atoms. The third-order valence-corrected chi connectivity index (χ3v) is 4.86. The smallest absolute Gasteiger partial charge is 0.174 e. The number of benzene rings is 2. The first-order chi connectivity index (χ1) is 12.2. The van der Waals surface area contributed by atoms with Crippen molar-refractivity contribution in [3.8, 4) is 11.4 Å². The second-order valence-corrected chi connectivity index (χ2v) is 6.58. The first-order valence-electron chi connectivity index (χ1n) is 7.91. The van der Waals surface area contributed by atoms with Crippen LogP contribution in [-0.4, -0.2) is 21.8 Å². The molecule has 0 unspecified atom stereocenters. The summed E-state index contributed by atoms with van der Waals surface area (Å²) in [7, 11) is 1.67. The van der Waals surface area contributed by atoms with Gasteiger partial charge in [0.25, 0.3) is 0 Å². The van der Waals surface area contributed by atoms with E-state index in [4.69, 9.17) is 14.2 Å². The Morgan fingerprint density at radius 3 is 2.64 bits per heavy atom. The Morgan fingerprint density at radius 2 is 1.92 bits per heavy atom. The zero-order valence-electron chi connectivity index (χ0n) is 14.0. The molecule has 0 bridgehead atoms. The lowest BCUT2D eigenvalue weighted by atomic mass is 10.2. The van der Waals surface area contributed by atoms with E-state index in [-0.39, 0.29) is 0 Å². The van der Waals surface area contributed by atoms with E-state index in [1.54, 1.807) is 18.9 Å². The molecule has 0 aliphatic heterocycles. The Morgan fingerprint density at radius 1 is 1.12 bits per heavy atom. The predicted molar refractivity (Wildman–Crippen MR) is 98.4 cm³/mol. The summed E-state index contributed by atoms with van der Waals surface area (Å²) in [6.45, 7) is 1.90. The average molecular weight is 351 g/mol. The lowest BCUT2D eigenvalue weighted by molar-refractivity contribution is 0.393. The van der Waals surface area contributed by atoms with Gasteiger partial charge in [0, 0.05) is 17.5 Å². The lowest BCUT2D eigenvalue weighted by Gasteiger charge is -2.09. The van der Waals surface area contributed by atoms with E-state index >= 15 is 0 Å². The molecule has 0 N–H and O–H groups in total. The molecule has 2 aromatic heterocycles. The van der Waals surface area contributed by atoms with E-state index in [1.807, 2.05) is 55.5 Å². The van der Waals surface area contributed by atoms with Gasteiger partial charge in [0.05, 0.1) is 23.8 Å². The Balaban J connectivity index is 1.74. The SMILES string of the molecule is COc1ccc(-n2c(SCc3cc(C)on3)nc3ccccc32)cc1. The number of rotatable bonds is 5. The summed E-state index contributed by atoms with van der Waals surface area (Å²) in [5.74, 6) is 2.36. The fraction of sp³-hybridized carbons (Fsp3) is 0.158. The van der Waals surface area contributed by atoms with Crippen molar-refractivity contribution >= 4 is 22.8 Å². The number of nitrogens with zero attached hydrogens (tertiary/aromatic N) is 3. The summed E-state index contributed by atoms with van der Waals surface area (Å²) >= 11 is 1.64. The van der Waals surface area contributed by atoms with Crippen LogP contribution in [0.25, 0.3) is 16.7 Å². The molecule has 4 aromatic rings. The fourth-order valence-electron chi connectivity index (χ4n) is 2.71. The molecule has 0 fully saturated rings. The molecule has 5 nitrogen and oxygen atoms in total. The first-order valence-corrected chi connectivity index (χ1v) is 8.90. The second-order valence-electron chi connectivity index (χ2n) is 5.63. The van der Waals surface area contributed by atoms with Gasteiger partial charge in [-0.2, -0.15) is 0 Å². The van der Waals surface area contributed by atoms with Gasteiger partial charge in [-0.05, 0) is 43.3 Å². The van der Waals surface area contributed by atoms with Crippen LogP contribution >= 0.6 is 11.8 Å². The monoisotopic (exact) mass is 351 g/mol. The van der Waals surface area contributed by atoms with Gasteiger partial charge in [-0.25, -0.2) is 4.98 Å². The van der Waals surface area contributed by atoms with Gasteiger partial charge in [-0.1, -0.05) is 29.1 Å². The molecule has 0 saturated carbocycles. The highest BCUT2D eigenvalue weighted by molar-refractivity contribution is 7.98. The Labute approximate surface area is 149 Å². The number of fused-ring (bicyclic) bond motifs is 1. The number of aryl methyl sites for hydroxylation is 1. The fourth-order valence-corrected chi connectivity index (χ4v) is 3.61. The van der Waals surface area contributed by atoms with E-state index in [0.29, 0.717) is 5.75 Å². The molecule has 0 saturated heterocycles. The maximum absolute atomic E-state index is 5.26. The number of para-hydroxylation sites is 2. The van der Waals surface area contributed by atoms with Crippen LogP contribution in [0.3, 0.4) is 0 Å². The molecule has 0 radical (unpaired) electrons. The number of hydrogen-bond acceptors (Lipinski definition) is 5. The maximum Gasteiger partial charge on any atom is 0.174 e. The standard InChI is InChI=1S/C19H17N3O2S/c1-13-11-14(21-24-13)12-25-19-20-17-5-3-4-6-18(17)22(19)15-7-9-16(23-2)10-8-15/h3-11H,12H2,1-2H3. The maximum atomic E-state index is 5.26. The molecule has 0 aliphatic carbocycles. The molecule has 126 valence electrons. The Hall–Kier alpha value is -2.73. The topological polar surface area (TPSA) is 53.1 Å². The van der Waals surface area contributed by atoms with Gasteiger partial charge < -0.3 is 9.26 Å². The summed E-state index contributed by atoms with van der Waals surface area (Å²) in [6.07, 6.45) is 0. The van der Waals surface area contributed by atoms with E-state index in [0.717, 1.165) is 39.1 Å². The normalized spacial score (nSPS) is 11.1. The summed E-state index contributed by atoms with van der Waals surface area (Å²) < 4.78 is 12.6. The molecule has 0 atom stereocenters. The van der Waals surface area contributed by atoms with E-state index in [1.165, 1.54) is 0 Å². The highest BCUT2D eigenvalue weighted by Crippen LogP contribution is 2.30.